The van der Waals surface area contributed by atoms with Crippen LogP contribution in [0.15, 0.2) is 67.3 Å². The van der Waals surface area contributed by atoms with E-state index in [-0.39, 0.29) is 0 Å². The van der Waals surface area contributed by atoms with E-state index in [1.807, 2.05) is 47.2 Å². The first-order valence-corrected chi connectivity index (χ1v) is 7.55. The van der Waals surface area contributed by atoms with Crippen LogP contribution in [0.25, 0.3) is 11.6 Å². The van der Waals surface area contributed by atoms with Crippen molar-refractivity contribution in [1.82, 2.24) is 9.55 Å². The minimum Gasteiger partial charge on any atom is -0.333 e. The molecule has 0 saturated heterocycles. The molecule has 0 amide bonds. The number of nitriles is 1. The molecule has 0 N–H and O–H groups in total. The first-order valence-electron chi connectivity index (χ1n) is 7.17. The topological polar surface area (TPSA) is 41.6 Å². The molecule has 0 fully saturated rings. The van der Waals surface area contributed by atoms with Gasteiger partial charge in [-0.25, -0.2) is 4.98 Å². The van der Waals surface area contributed by atoms with Crippen LogP contribution in [0.2, 0.25) is 5.02 Å². The lowest BCUT2D eigenvalue weighted by molar-refractivity contribution is 0.836. The number of hydrogen-bond acceptors (Lipinski definition) is 2. The molecule has 0 bridgehead atoms. The molecular weight excluding hydrogens is 306 g/mol. The van der Waals surface area contributed by atoms with Gasteiger partial charge in [0.15, 0.2) is 0 Å². The fourth-order valence-electron chi connectivity index (χ4n) is 2.38. The van der Waals surface area contributed by atoms with Crippen LogP contribution < -0.4 is 0 Å². The number of allylic oxidation sites excluding steroid dienone is 1. The summed E-state index contributed by atoms with van der Waals surface area (Å²) in [7, 11) is 0. The fourth-order valence-corrected chi connectivity index (χ4v) is 2.68. The average Bonchev–Trinajstić information content (AvgIpc) is 3.08. The molecule has 0 atom stereocenters. The number of benzene rings is 2. The third-order valence-electron chi connectivity index (χ3n) is 3.50. The largest absolute Gasteiger partial charge is 0.333 e. The van der Waals surface area contributed by atoms with Gasteiger partial charge in [-0.05, 0) is 34.9 Å². The molecule has 0 unspecified atom stereocenters. The Morgan fingerprint density at radius 1 is 1.22 bits per heavy atom. The minimum absolute atomic E-state index is 0.556. The Bertz CT molecular complexity index is 859. The van der Waals surface area contributed by atoms with E-state index < -0.39 is 0 Å². The number of rotatable bonds is 4. The minimum atomic E-state index is 0.556. The van der Waals surface area contributed by atoms with Gasteiger partial charge in [0.2, 0.25) is 0 Å². The van der Waals surface area contributed by atoms with Crippen molar-refractivity contribution in [2.24, 2.45) is 0 Å². The van der Waals surface area contributed by atoms with Gasteiger partial charge >= 0.3 is 0 Å². The van der Waals surface area contributed by atoms with E-state index in [1.54, 1.807) is 24.7 Å². The molecule has 0 aliphatic heterocycles. The van der Waals surface area contributed by atoms with Crippen molar-refractivity contribution in [2.75, 3.05) is 0 Å². The summed E-state index contributed by atoms with van der Waals surface area (Å²) < 4.78 is 1.99. The zero-order chi connectivity index (χ0) is 16.1. The first-order chi connectivity index (χ1) is 11.3. The Balaban J connectivity index is 2.05. The van der Waals surface area contributed by atoms with Crippen LogP contribution in [0, 0.1) is 11.3 Å². The molecule has 3 aromatic rings. The van der Waals surface area contributed by atoms with Gasteiger partial charge in [-0.3, -0.25) is 0 Å². The average molecular weight is 320 g/mol. The maximum atomic E-state index is 9.00. The van der Waals surface area contributed by atoms with Gasteiger partial charge in [-0.15, -0.1) is 0 Å². The number of hydrogen-bond donors (Lipinski definition) is 0. The number of halogens is 1. The van der Waals surface area contributed by atoms with Crippen LogP contribution >= 0.6 is 11.6 Å². The highest BCUT2D eigenvalue weighted by atomic mass is 35.5. The molecule has 3 nitrogen and oxygen atoms in total. The number of aromatic nitrogens is 2. The van der Waals surface area contributed by atoms with E-state index in [4.69, 9.17) is 16.9 Å². The van der Waals surface area contributed by atoms with Crippen LogP contribution in [0.5, 0.6) is 0 Å². The Kier molecular flexibility index (Phi) is 4.56. The predicted octanol–water partition coefficient (Wildman–Crippen LogP) is 4.65. The predicted molar refractivity (Wildman–Crippen MR) is 92.7 cm³/mol. The van der Waals surface area contributed by atoms with Gasteiger partial charge < -0.3 is 4.57 Å². The first kappa shape index (κ1) is 15.1. The molecule has 0 saturated carbocycles. The molecule has 4 heteroatoms. The highest BCUT2D eigenvalue weighted by Crippen LogP contribution is 2.28. The van der Waals surface area contributed by atoms with E-state index in [0.717, 1.165) is 16.7 Å². The maximum absolute atomic E-state index is 9.00. The van der Waals surface area contributed by atoms with Crippen molar-refractivity contribution >= 4 is 23.3 Å². The van der Waals surface area contributed by atoms with Crippen LogP contribution in [-0.2, 0) is 6.54 Å². The highest BCUT2D eigenvalue weighted by Gasteiger charge is 2.09. The molecular formula is C19H14ClN3. The summed E-state index contributed by atoms with van der Waals surface area (Å²) in [6.45, 7) is 0.653. The molecule has 0 spiro atoms. The second-order valence-corrected chi connectivity index (χ2v) is 5.53. The zero-order valence-corrected chi connectivity index (χ0v) is 13.1. The van der Waals surface area contributed by atoms with Crippen molar-refractivity contribution in [3.63, 3.8) is 0 Å². The van der Waals surface area contributed by atoms with Crippen molar-refractivity contribution in [3.8, 4) is 6.07 Å². The summed E-state index contributed by atoms with van der Waals surface area (Å²) in [5, 5.41) is 9.57. The van der Waals surface area contributed by atoms with Crippen molar-refractivity contribution in [2.45, 2.75) is 6.54 Å². The Morgan fingerprint density at radius 2 is 2.04 bits per heavy atom. The molecule has 2 aromatic carbocycles. The lowest BCUT2D eigenvalue weighted by Gasteiger charge is -2.11. The molecule has 23 heavy (non-hydrogen) atoms. The van der Waals surface area contributed by atoms with E-state index in [1.165, 1.54) is 0 Å². The highest BCUT2D eigenvalue weighted by molar-refractivity contribution is 6.32. The summed E-state index contributed by atoms with van der Waals surface area (Å²) in [6.07, 6.45) is 7.54. The second kappa shape index (κ2) is 6.95. The molecule has 3 rings (SSSR count). The molecule has 0 radical (unpaired) electrons. The van der Waals surface area contributed by atoms with Crippen LogP contribution in [0.1, 0.15) is 16.7 Å². The van der Waals surface area contributed by atoms with E-state index in [9.17, 15) is 0 Å². The molecule has 1 heterocycles. The Morgan fingerprint density at radius 3 is 2.70 bits per heavy atom. The zero-order valence-electron chi connectivity index (χ0n) is 12.4. The fraction of sp³-hybridized carbons (Fsp3) is 0.0526. The maximum Gasteiger partial charge on any atom is 0.0992 e. The summed E-state index contributed by atoms with van der Waals surface area (Å²) in [5.74, 6) is 0. The van der Waals surface area contributed by atoms with Crippen molar-refractivity contribution < 1.29 is 0 Å². The number of imidazole rings is 1. The monoisotopic (exact) mass is 319 g/mol. The van der Waals surface area contributed by atoms with E-state index in [0.29, 0.717) is 17.1 Å². The van der Waals surface area contributed by atoms with Crippen LogP contribution in [0.4, 0.5) is 0 Å². The Labute approximate surface area is 140 Å². The third-order valence-corrected chi connectivity index (χ3v) is 3.81. The smallest absolute Gasteiger partial charge is 0.0992 e. The van der Waals surface area contributed by atoms with E-state index in [2.05, 4.69) is 17.1 Å². The lowest BCUT2D eigenvalue weighted by atomic mass is 10.0. The summed E-state index contributed by atoms with van der Waals surface area (Å²) in [5.41, 5.74) is 3.63. The van der Waals surface area contributed by atoms with Crippen LogP contribution in [0.3, 0.4) is 0 Å². The normalized spacial score (nSPS) is 11.2. The standard InChI is InChI=1S/C19H14ClN3/c20-19-11-16(12-21)6-7-18(19)17(13-23-9-8-22-14-23)10-15-4-2-1-3-5-15/h1-11,14H,13H2/b17-10+. The van der Waals surface area contributed by atoms with Gasteiger partial charge in [0, 0.05) is 24.0 Å². The van der Waals surface area contributed by atoms with Gasteiger partial charge in [0.05, 0.1) is 18.0 Å². The quantitative estimate of drug-likeness (QED) is 0.657. The van der Waals surface area contributed by atoms with Gasteiger partial charge in [0.25, 0.3) is 0 Å². The van der Waals surface area contributed by atoms with Gasteiger partial charge in [-0.1, -0.05) is 48.0 Å². The third kappa shape index (κ3) is 3.68. The number of nitrogens with zero attached hydrogens (tertiary/aromatic N) is 3. The molecule has 112 valence electrons. The van der Waals surface area contributed by atoms with Crippen molar-refractivity contribution in [1.29, 1.82) is 5.26 Å². The molecule has 0 aliphatic rings. The van der Waals surface area contributed by atoms with Crippen LogP contribution in [-0.4, -0.2) is 9.55 Å². The van der Waals surface area contributed by atoms with Gasteiger partial charge in [0.1, 0.15) is 0 Å². The van der Waals surface area contributed by atoms with E-state index >= 15 is 0 Å². The summed E-state index contributed by atoms with van der Waals surface area (Å²) in [4.78, 5) is 4.09. The summed E-state index contributed by atoms with van der Waals surface area (Å²) >= 11 is 6.39. The lowest BCUT2D eigenvalue weighted by Crippen LogP contribution is -1.99. The molecule has 1 aromatic heterocycles. The molecule has 0 aliphatic carbocycles. The van der Waals surface area contributed by atoms with Gasteiger partial charge in [-0.2, -0.15) is 5.26 Å². The second-order valence-electron chi connectivity index (χ2n) is 5.12. The SMILES string of the molecule is N#Cc1ccc(/C(=C/c2ccccc2)Cn2ccnc2)c(Cl)c1. The summed E-state index contributed by atoms with van der Waals surface area (Å²) in [6, 6.07) is 17.6. The Hall–Kier alpha value is -2.83. The van der Waals surface area contributed by atoms with Crippen molar-refractivity contribution in [3.05, 3.63) is 89.0 Å².